The van der Waals surface area contributed by atoms with E-state index in [1.165, 1.54) is 0 Å². The van der Waals surface area contributed by atoms with E-state index >= 15 is 0 Å². The van der Waals surface area contributed by atoms with E-state index in [9.17, 15) is 4.79 Å². The topological polar surface area (TPSA) is 68.0 Å². The Balaban J connectivity index is 2.62. The second-order valence-corrected chi connectivity index (χ2v) is 4.94. The zero-order valence-corrected chi connectivity index (χ0v) is 12.5. The number of para-hydroxylation sites is 1. The molecule has 1 heterocycles. The normalized spacial score (nSPS) is 10.4. The number of aromatic nitrogens is 1. The van der Waals surface area contributed by atoms with Crippen molar-refractivity contribution >= 4 is 17.9 Å². The maximum absolute atomic E-state index is 11.0. The van der Waals surface area contributed by atoms with Crippen LogP contribution in [0.2, 0.25) is 0 Å². The van der Waals surface area contributed by atoms with Crippen LogP contribution in [-0.4, -0.2) is 11.4 Å². The molecule has 0 aliphatic carbocycles. The van der Waals surface area contributed by atoms with Crippen LogP contribution >= 0.6 is 0 Å². The van der Waals surface area contributed by atoms with Crippen molar-refractivity contribution in [2.75, 3.05) is 11.1 Å². The van der Waals surface area contributed by atoms with E-state index in [0.29, 0.717) is 5.82 Å². The first-order chi connectivity index (χ1) is 10.2. The summed E-state index contributed by atoms with van der Waals surface area (Å²) in [4.78, 5) is 15.4. The minimum absolute atomic E-state index is 0.519. The van der Waals surface area contributed by atoms with Crippen molar-refractivity contribution in [3.8, 4) is 11.1 Å². The summed E-state index contributed by atoms with van der Waals surface area (Å²) in [6, 6.07) is 9.85. The number of pyridine rings is 1. The van der Waals surface area contributed by atoms with Crippen molar-refractivity contribution < 1.29 is 4.79 Å². The molecule has 4 heteroatoms. The molecule has 0 fully saturated rings. The molecule has 21 heavy (non-hydrogen) atoms. The van der Waals surface area contributed by atoms with Crippen LogP contribution in [0, 0.1) is 0 Å². The molecule has 3 N–H and O–H groups in total. The number of rotatable bonds is 6. The summed E-state index contributed by atoms with van der Waals surface area (Å²) >= 11 is 0. The maximum atomic E-state index is 11.0. The molecule has 1 amide bonds. The van der Waals surface area contributed by atoms with Crippen LogP contribution in [0.4, 0.5) is 11.5 Å². The highest BCUT2D eigenvalue weighted by Crippen LogP contribution is 2.33. The minimum Gasteiger partial charge on any atom is -0.384 e. The second-order valence-electron chi connectivity index (χ2n) is 4.94. The number of hydrogen-bond donors (Lipinski definition) is 2. The summed E-state index contributed by atoms with van der Waals surface area (Å²) in [5.74, 6) is 0.519. The number of hydrogen-bond acceptors (Lipinski definition) is 3. The van der Waals surface area contributed by atoms with Crippen LogP contribution in [0.1, 0.15) is 31.5 Å². The molecule has 0 aliphatic rings. The number of anilines is 2. The fourth-order valence-electron chi connectivity index (χ4n) is 2.56. The molecule has 0 bridgehead atoms. The van der Waals surface area contributed by atoms with Gasteiger partial charge in [-0.3, -0.25) is 4.79 Å². The van der Waals surface area contributed by atoms with E-state index in [2.05, 4.69) is 23.3 Å². The van der Waals surface area contributed by atoms with Gasteiger partial charge < -0.3 is 11.1 Å². The Labute approximate surface area is 125 Å². The van der Waals surface area contributed by atoms with Gasteiger partial charge in [-0.25, -0.2) is 4.98 Å². The molecule has 2 aromatic rings. The summed E-state index contributed by atoms with van der Waals surface area (Å²) in [6.45, 7) is 4.17. The number of benzene rings is 1. The highest BCUT2D eigenvalue weighted by molar-refractivity contribution is 5.88. The molecule has 1 aromatic heterocycles. The number of amides is 1. The number of carbonyl (C=O) groups excluding carboxylic acids is 1. The van der Waals surface area contributed by atoms with E-state index in [1.807, 2.05) is 25.1 Å². The molecule has 110 valence electrons. The van der Waals surface area contributed by atoms with Crippen LogP contribution in [0.25, 0.3) is 11.1 Å². The van der Waals surface area contributed by atoms with Crippen molar-refractivity contribution in [1.82, 2.24) is 4.98 Å². The quantitative estimate of drug-likeness (QED) is 0.798. The molecule has 0 unspecified atom stereocenters. The van der Waals surface area contributed by atoms with Gasteiger partial charge in [-0.05, 0) is 30.5 Å². The first-order valence-corrected chi connectivity index (χ1v) is 7.29. The largest absolute Gasteiger partial charge is 0.384 e. The van der Waals surface area contributed by atoms with E-state index in [-0.39, 0.29) is 0 Å². The number of nitrogens with two attached hydrogens (primary N) is 1. The highest BCUT2D eigenvalue weighted by atomic mass is 16.1. The van der Waals surface area contributed by atoms with Crippen LogP contribution in [0.3, 0.4) is 0 Å². The number of aryl methyl sites for hydroxylation is 2. The van der Waals surface area contributed by atoms with Gasteiger partial charge >= 0.3 is 0 Å². The predicted molar refractivity (Wildman–Crippen MR) is 87.1 cm³/mol. The molecule has 4 nitrogen and oxygen atoms in total. The SMILES string of the molecule is CCCc1cccc(-c2ccc(N)nc2CC)c1NC=O. The van der Waals surface area contributed by atoms with Crippen molar-refractivity contribution in [1.29, 1.82) is 0 Å². The molecule has 1 aromatic carbocycles. The van der Waals surface area contributed by atoms with Crippen LogP contribution in [0.15, 0.2) is 30.3 Å². The summed E-state index contributed by atoms with van der Waals surface area (Å²) < 4.78 is 0. The van der Waals surface area contributed by atoms with Crippen molar-refractivity contribution in [3.05, 3.63) is 41.6 Å². The van der Waals surface area contributed by atoms with E-state index in [0.717, 1.165) is 53.7 Å². The molecular weight excluding hydrogens is 262 g/mol. The fourth-order valence-corrected chi connectivity index (χ4v) is 2.56. The first kappa shape index (κ1) is 15.0. The zero-order chi connectivity index (χ0) is 15.2. The number of nitrogens with one attached hydrogen (secondary N) is 1. The Morgan fingerprint density at radius 3 is 2.67 bits per heavy atom. The summed E-state index contributed by atoms with van der Waals surface area (Å²) in [6.07, 6.45) is 3.47. The number of carbonyl (C=O) groups is 1. The smallest absolute Gasteiger partial charge is 0.211 e. The van der Waals surface area contributed by atoms with E-state index in [1.54, 1.807) is 6.07 Å². The van der Waals surface area contributed by atoms with Gasteiger partial charge in [0.1, 0.15) is 5.82 Å². The monoisotopic (exact) mass is 283 g/mol. The van der Waals surface area contributed by atoms with E-state index in [4.69, 9.17) is 5.73 Å². The lowest BCUT2D eigenvalue weighted by Gasteiger charge is -2.16. The fraction of sp³-hybridized carbons (Fsp3) is 0.294. The van der Waals surface area contributed by atoms with Gasteiger partial charge in [-0.2, -0.15) is 0 Å². The van der Waals surface area contributed by atoms with Gasteiger partial charge in [0.2, 0.25) is 6.41 Å². The maximum Gasteiger partial charge on any atom is 0.211 e. The lowest BCUT2D eigenvalue weighted by atomic mass is 9.96. The summed E-state index contributed by atoms with van der Waals surface area (Å²) in [5.41, 5.74) is 10.7. The predicted octanol–water partition coefficient (Wildman–Crippen LogP) is 3.41. The van der Waals surface area contributed by atoms with Gasteiger partial charge in [0.15, 0.2) is 0 Å². The van der Waals surface area contributed by atoms with Crippen LogP contribution < -0.4 is 11.1 Å². The molecule has 0 radical (unpaired) electrons. The molecule has 0 aliphatic heterocycles. The van der Waals surface area contributed by atoms with Gasteiger partial charge in [0.25, 0.3) is 0 Å². The molecular formula is C17H21N3O. The van der Waals surface area contributed by atoms with Crippen molar-refractivity contribution in [2.45, 2.75) is 33.1 Å². The van der Waals surface area contributed by atoms with Gasteiger partial charge in [0, 0.05) is 11.1 Å². The summed E-state index contributed by atoms with van der Waals surface area (Å²) in [5, 5.41) is 2.85. The number of nitrogens with zero attached hydrogens (tertiary/aromatic N) is 1. The second kappa shape index (κ2) is 6.88. The standard InChI is InChI=1S/C17H21N3O/c1-3-6-12-7-5-8-14(17(12)19-11-21)13-9-10-16(18)20-15(13)4-2/h5,7-11H,3-4,6H2,1-2H3,(H2,18,20)(H,19,21). The minimum atomic E-state index is 0.519. The third kappa shape index (κ3) is 3.21. The Hall–Kier alpha value is -2.36. The first-order valence-electron chi connectivity index (χ1n) is 7.29. The molecule has 0 atom stereocenters. The molecule has 2 rings (SSSR count). The lowest BCUT2D eigenvalue weighted by molar-refractivity contribution is -0.105. The molecule has 0 spiro atoms. The number of nitrogen functional groups attached to an aromatic ring is 1. The molecule has 0 saturated heterocycles. The lowest BCUT2D eigenvalue weighted by Crippen LogP contribution is -2.04. The van der Waals surface area contributed by atoms with Crippen molar-refractivity contribution in [2.24, 2.45) is 0 Å². The Morgan fingerprint density at radius 1 is 1.19 bits per heavy atom. The third-order valence-corrected chi connectivity index (χ3v) is 3.49. The Kier molecular flexibility index (Phi) is 4.93. The molecule has 0 saturated carbocycles. The Bertz CT molecular complexity index is 638. The third-order valence-electron chi connectivity index (χ3n) is 3.49. The average Bonchev–Trinajstić information content (AvgIpc) is 2.49. The zero-order valence-electron chi connectivity index (χ0n) is 12.5. The van der Waals surface area contributed by atoms with Gasteiger partial charge in [-0.15, -0.1) is 0 Å². The van der Waals surface area contributed by atoms with Crippen LogP contribution in [-0.2, 0) is 17.6 Å². The summed E-state index contributed by atoms with van der Waals surface area (Å²) in [7, 11) is 0. The Morgan fingerprint density at radius 2 is 2.00 bits per heavy atom. The highest BCUT2D eigenvalue weighted by Gasteiger charge is 2.13. The van der Waals surface area contributed by atoms with Crippen molar-refractivity contribution in [3.63, 3.8) is 0 Å². The van der Waals surface area contributed by atoms with E-state index < -0.39 is 0 Å². The van der Waals surface area contributed by atoms with Gasteiger partial charge in [-0.1, -0.05) is 38.5 Å². The van der Waals surface area contributed by atoms with Crippen LogP contribution in [0.5, 0.6) is 0 Å². The van der Waals surface area contributed by atoms with Gasteiger partial charge in [0.05, 0.1) is 11.4 Å². The average molecular weight is 283 g/mol.